The number of nitro benzene ring substituents is 2. The fraction of sp³-hybridized carbons (Fsp3) is 0.391. The maximum absolute atomic E-state index is 13.6. The molecule has 1 aliphatic carbocycles. The van der Waals surface area contributed by atoms with Crippen molar-refractivity contribution in [1.29, 1.82) is 0 Å². The summed E-state index contributed by atoms with van der Waals surface area (Å²) in [6.45, 7) is -0.120. The molecule has 1 saturated carbocycles. The number of hydrogen-bond acceptors (Lipinski definition) is 6. The molecule has 0 spiro atoms. The highest BCUT2D eigenvalue weighted by Gasteiger charge is 2.35. The highest BCUT2D eigenvalue weighted by Crippen LogP contribution is 2.33. The Labute approximate surface area is 211 Å². The number of nitrogens with zero attached hydrogens (tertiary/aromatic N) is 3. The molecule has 186 valence electrons. The van der Waals surface area contributed by atoms with Crippen molar-refractivity contribution in [3.63, 3.8) is 0 Å². The molecule has 1 N–H and O–H groups in total. The van der Waals surface area contributed by atoms with Crippen LogP contribution in [-0.2, 0) is 16.1 Å². The van der Waals surface area contributed by atoms with Crippen molar-refractivity contribution in [2.24, 2.45) is 0 Å². The predicted octanol–water partition coefficient (Wildman–Crippen LogP) is 4.91. The van der Waals surface area contributed by atoms with E-state index in [1.54, 1.807) is 0 Å². The summed E-state index contributed by atoms with van der Waals surface area (Å²) in [5.74, 6) is -1.58. The van der Waals surface area contributed by atoms with Crippen molar-refractivity contribution >= 4 is 46.4 Å². The molecule has 10 nitrogen and oxygen atoms in total. The lowest BCUT2D eigenvalue weighted by molar-refractivity contribution is -0.385. The van der Waals surface area contributed by atoms with Gasteiger partial charge in [-0.05, 0) is 24.5 Å². The van der Waals surface area contributed by atoms with Crippen LogP contribution >= 0.6 is 23.2 Å². The highest BCUT2D eigenvalue weighted by molar-refractivity contribution is 6.32. The quantitative estimate of drug-likeness (QED) is 0.282. The number of alkyl halides is 1. The number of rotatable bonds is 9. The Balaban J connectivity index is 2.04. The third-order valence-electron chi connectivity index (χ3n) is 5.93. The predicted molar refractivity (Wildman–Crippen MR) is 130 cm³/mol. The molecule has 35 heavy (non-hydrogen) atoms. The smallest absolute Gasteiger partial charge is 0.269 e. The maximum atomic E-state index is 13.6. The van der Waals surface area contributed by atoms with Gasteiger partial charge in [-0.15, -0.1) is 11.6 Å². The van der Waals surface area contributed by atoms with Crippen LogP contribution in [0, 0.1) is 20.2 Å². The Kier molecular flexibility index (Phi) is 9.00. The lowest BCUT2D eigenvalue weighted by Gasteiger charge is -2.33. The van der Waals surface area contributed by atoms with Crippen LogP contribution in [0.3, 0.4) is 0 Å². The van der Waals surface area contributed by atoms with Crippen LogP contribution in [0.25, 0.3) is 0 Å². The standard InChI is InChI=1S/C23H24Cl2N4O6/c24-13-21(30)27(14-15-6-8-17(9-7-15)28(32)33)22(23(31)26-16-4-2-1-3-5-16)19-12-18(29(34)35)10-11-20(19)25/h6-12,16,22H,1-5,13-14H2,(H,26,31). The SMILES string of the molecule is O=C(NC1CCCCC1)C(c1cc([N+](=O)[O-])ccc1Cl)N(Cc1ccc([N+](=O)[O-])cc1)C(=O)CCl. The molecule has 2 amide bonds. The Morgan fingerprint density at radius 1 is 1.00 bits per heavy atom. The molecule has 12 heteroatoms. The molecule has 1 fully saturated rings. The summed E-state index contributed by atoms with van der Waals surface area (Å²) in [7, 11) is 0. The maximum Gasteiger partial charge on any atom is 0.269 e. The molecule has 0 aromatic heterocycles. The van der Waals surface area contributed by atoms with Gasteiger partial charge in [0.1, 0.15) is 11.9 Å². The molecule has 1 atom stereocenters. The largest absolute Gasteiger partial charge is 0.351 e. The summed E-state index contributed by atoms with van der Waals surface area (Å²) in [4.78, 5) is 49.0. The molecule has 2 aromatic rings. The van der Waals surface area contributed by atoms with Gasteiger partial charge in [0, 0.05) is 47.4 Å². The van der Waals surface area contributed by atoms with Crippen molar-refractivity contribution in [2.45, 2.75) is 50.7 Å². The molecule has 1 unspecified atom stereocenters. The van der Waals surface area contributed by atoms with Crippen LogP contribution in [0.1, 0.15) is 49.3 Å². The van der Waals surface area contributed by atoms with E-state index < -0.39 is 33.6 Å². The Hall–Kier alpha value is -3.24. The van der Waals surface area contributed by atoms with Gasteiger partial charge in [-0.2, -0.15) is 0 Å². The van der Waals surface area contributed by atoms with Crippen molar-refractivity contribution in [3.8, 4) is 0 Å². The number of nitrogens with one attached hydrogen (secondary N) is 1. The van der Waals surface area contributed by atoms with Gasteiger partial charge in [0.2, 0.25) is 11.8 Å². The average molecular weight is 523 g/mol. The Bertz CT molecular complexity index is 1110. The van der Waals surface area contributed by atoms with Gasteiger partial charge in [-0.1, -0.05) is 43.0 Å². The first-order chi connectivity index (χ1) is 16.7. The monoisotopic (exact) mass is 522 g/mol. The fourth-order valence-corrected chi connectivity index (χ4v) is 4.53. The topological polar surface area (TPSA) is 136 Å². The third kappa shape index (κ3) is 6.67. The molecule has 0 radical (unpaired) electrons. The minimum atomic E-state index is -1.30. The van der Waals surface area contributed by atoms with Crippen LogP contribution in [-0.4, -0.2) is 38.5 Å². The van der Waals surface area contributed by atoms with Crippen molar-refractivity contribution in [2.75, 3.05) is 5.88 Å². The number of carbonyl (C=O) groups is 2. The first kappa shape index (κ1) is 26.4. The normalized spacial score (nSPS) is 14.7. The first-order valence-electron chi connectivity index (χ1n) is 11.0. The van der Waals surface area contributed by atoms with Crippen LogP contribution in [0.15, 0.2) is 42.5 Å². The summed E-state index contributed by atoms with van der Waals surface area (Å²) in [6.07, 6.45) is 4.56. The lowest BCUT2D eigenvalue weighted by atomic mass is 9.94. The van der Waals surface area contributed by atoms with E-state index in [-0.39, 0.29) is 34.5 Å². The molecule has 1 aliphatic rings. The van der Waals surface area contributed by atoms with E-state index in [1.807, 2.05) is 0 Å². The average Bonchev–Trinajstić information content (AvgIpc) is 2.85. The number of non-ortho nitro benzene ring substituents is 2. The molecule has 3 rings (SSSR count). The summed E-state index contributed by atoms with van der Waals surface area (Å²) < 4.78 is 0. The van der Waals surface area contributed by atoms with Crippen molar-refractivity contribution in [3.05, 3.63) is 78.8 Å². The third-order valence-corrected chi connectivity index (χ3v) is 6.50. The Morgan fingerprint density at radius 3 is 2.17 bits per heavy atom. The molecule has 2 aromatic carbocycles. The van der Waals surface area contributed by atoms with Gasteiger partial charge >= 0.3 is 0 Å². The van der Waals surface area contributed by atoms with E-state index in [4.69, 9.17) is 23.2 Å². The summed E-state index contributed by atoms with van der Waals surface area (Å²) in [5.41, 5.74) is 0.186. The van der Waals surface area contributed by atoms with Gasteiger partial charge in [-0.3, -0.25) is 29.8 Å². The molecular weight excluding hydrogens is 499 g/mol. The zero-order chi connectivity index (χ0) is 25.5. The van der Waals surface area contributed by atoms with Crippen LogP contribution < -0.4 is 5.32 Å². The van der Waals surface area contributed by atoms with Crippen molar-refractivity contribution < 1.29 is 19.4 Å². The van der Waals surface area contributed by atoms with E-state index >= 15 is 0 Å². The van der Waals surface area contributed by atoms with Gasteiger partial charge in [0.25, 0.3) is 11.4 Å². The number of carbonyl (C=O) groups excluding carboxylic acids is 2. The van der Waals surface area contributed by atoms with E-state index in [2.05, 4.69) is 5.32 Å². The zero-order valence-corrected chi connectivity index (χ0v) is 20.2. The van der Waals surface area contributed by atoms with Crippen LogP contribution in [0.2, 0.25) is 5.02 Å². The van der Waals surface area contributed by atoms with Gasteiger partial charge in [0.05, 0.1) is 9.85 Å². The number of hydrogen-bond donors (Lipinski definition) is 1. The summed E-state index contributed by atoms with van der Waals surface area (Å²) in [6, 6.07) is 7.82. The molecule has 0 heterocycles. The number of halogens is 2. The van der Waals surface area contributed by atoms with Gasteiger partial charge < -0.3 is 10.2 Å². The lowest BCUT2D eigenvalue weighted by Crippen LogP contribution is -2.47. The summed E-state index contributed by atoms with van der Waals surface area (Å²) in [5, 5.41) is 25.5. The van der Waals surface area contributed by atoms with E-state index in [0.717, 1.165) is 32.1 Å². The number of benzene rings is 2. The second-order valence-electron chi connectivity index (χ2n) is 8.29. The zero-order valence-electron chi connectivity index (χ0n) is 18.7. The second-order valence-corrected chi connectivity index (χ2v) is 8.96. The Morgan fingerprint density at radius 2 is 1.60 bits per heavy atom. The minimum Gasteiger partial charge on any atom is -0.351 e. The van der Waals surface area contributed by atoms with E-state index in [1.165, 1.54) is 47.4 Å². The number of nitro groups is 2. The van der Waals surface area contributed by atoms with Crippen LogP contribution in [0.4, 0.5) is 11.4 Å². The van der Waals surface area contributed by atoms with Crippen molar-refractivity contribution in [1.82, 2.24) is 10.2 Å². The highest BCUT2D eigenvalue weighted by atomic mass is 35.5. The minimum absolute atomic E-state index is 0.0791. The van der Waals surface area contributed by atoms with Gasteiger partial charge in [0.15, 0.2) is 0 Å². The molecule has 0 saturated heterocycles. The molecule has 0 aliphatic heterocycles. The van der Waals surface area contributed by atoms with E-state index in [0.29, 0.717) is 5.56 Å². The van der Waals surface area contributed by atoms with E-state index in [9.17, 15) is 29.8 Å². The molecular formula is C23H24Cl2N4O6. The second kappa shape index (κ2) is 11.9. The molecule has 0 bridgehead atoms. The number of amides is 2. The fourth-order valence-electron chi connectivity index (χ4n) is 4.15. The van der Waals surface area contributed by atoms with Crippen LogP contribution in [0.5, 0.6) is 0 Å². The van der Waals surface area contributed by atoms with Gasteiger partial charge in [-0.25, -0.2) is 0 Å². The summed E-state index contributed by atoms with van der Waals surface area (Å²) >= 11 is 12.3. The first-order valence-corrected chi connectivity index (χ1v) is 12.0.